The van der Waals surface area contributed by atoms with Gasteiger partial charge < -0.3 is 9.63 Å². The molecule has 3 rings (SSSR count). The Balaban J connectivity index is 1.81. The van der Waals surface area contributed by atoms with Gasteiger partial charge in [0.15, 0.2) is 11.4 Å². The predicted molar refractivity (Wildman–Crippen MR) is 86.7 cm³/mol. The SMILES string of the molecule is CCc1noc(C2(O)CCN(S(=O)(=O)c3ccc(CC#N)cc3)C2)n1. The lowest BCUT2D eigenvalue weighted by Crippen LogP contribution is -2.34. The van der Waals surface area contributed by atoms with E-state index >= 15 is 0 Å². The van der Waals surface area contributed by atoms with Gasteiger partial charge in [-0.1, -0.05) is 24.2 Å². The molecule has 1 atom stereocenters. The summed E-state index contributed by atoms with van der Waals surface area (Å²) in [5, 5.41) is 23.2. The molecule has 0 saturated carbocycles. The molecule has 0 bridgehead atoms. The summed E-state index contributed by atoms with van der Waals surface area (Å²) >= 11 is 0. The molecule has 0 amide bonds. The van der Waals surface area contributed by atoms with Gasteiger partial charge in [-0.3, -0.25) is 0 Å². The fourth-order valence-corrected chi connectivity index (χ4v) is 4.24. The number of nitrogens with zero attached hydrogens (tertiary/aromatic N) is 4. The number of rotatable bonds is 5. The van der Waals surface area contributed by atoms with E-state index in [1.54, 1.807) is 12.1 Å². The van der Waals surface area contributed by atoms with Gasteiger partial charge >= 0.3 is 0 Å². The van der Waals surface area contributed by atoms with E-state index in [9.17, 15) is 13.5 Å². The van der Waals surface area contributed by atoms with Crippen molar-refractivity contribution in [1.29, 1.82) is 5.26 Å². The highest BCUT2D eigenvalue weighted by Gasteiger charge is 2.46. The van der Waals surface area contributed by atoms with Gasteiger partial charge in [-0.15, -0.1) is 0 Å². The van der Waals surface area contributed by atoms with Crippen LogP contribution in [-0.2, 0) is 28.5 Å². The maximum absolute atomic E-state index is 12.8. The first-order chi connectivity index (χ1) is 11.9. The number of hydrogen-bond donors (Lipinski definition) is 1. The minimum absolute atomic E-state index is 0.0476. The fourth-order valence-electron chi connectivity index (χ4n) is 2.75. The maximum atomic E-state index is 12.8. The molecule has 1 aliphatic rings. The van der Waals surface area contributed by atoms with E-state index in [4.69, 9.17) is 9.78 Å². The molecule has 25 heavy (non-hydrogen) atoms. The van der Waals surface area contributed by atoms with Gasteiger partial charge in [0.2, 0.25) is 10.0 Å². The summed E-state index contributed by atoms with van der Waals surface area (Å²) < 4.78 is 31.8. The number of β-amino-alcohol motifs (C(OH)–C–C–N with tert-alkyl or cyclic N) is 1. The molecule has 132 valence electrons. The molecule has 1 saturated heterocycles. The molecular formula is C16H18N4O4S. The molecule has 2 aromatic rings. The maximum Gasteiger partial charge on any atom is 0.260 e. The third-order valence-electron chi connectivity index (χ3n) is 4.24. The van der Waals surface area contributed by atoms with Crippen LogP contribution < -0.4 is 0 Å². The molecule has 0 radical (unpaired) electrons. The van der Waals surface area contributed by atoms with Crippen molar-refractivity contribution < 1.29 is 18.0 Å². The molecular weight excluding hydrogens is 344 g/mol. The Kier molecular flexibility index (Phi) is 4.60. The third-order valence-corrected chi connectivity index (χ3v) is 6.10. The smallest absolute Gasteiger partial charge is 0.260 e. The summed E-state index contributed by atoms with van der Waals surface area (Å²) in [6.45, 7) is 1.88. The Labute approximate surface area is 145 Å². The van der Waals surface area contributed by atoms with E-state index in [0.717, 1.165) is 5.56 Å². The van der Waals surface area contributed by atoms with Crippen LogP contribution >= 0.6 is 0 Å². The van der Waals surface area contributed by atoms with Gasteiger partial charge in [-0.25, -0.2) is 8.42 Å². The Hall–Kier alpha value is -2.28. The molecule has 1 aliphatic heterocycles. The largest absolute Gasteiger partial charge is 0.379 e. The summed E-state index contributed by atoms with van der Waals surface area (Å²) in [6, 6.07) is 8.19. The van der Waals surface area contributed by atoms with Crippen LogP contribution in [0.5, 0.6) is 0 Å². The van der Waals surface area contributed by atoms with Crippen molar-refractivity contribution in [2.24, 2.45) is 0 Å². The normalized spacial score (nSPS) is 21.3. The quantitative estimate of drug-likeness (QED) is 0.841. The number of aryl methyl sites for hydroxylation is 1. The number of aromatic nitrogens is 2. The van der Waals surface area contributed by atoms with Crippen molar-refractivity contribution >= 4 is 10.0 Å². The molecule has 1 fully saturated rings. The first-order valence-corrected chi connectivity index (χ1v) is 9.34. The van der Waals surface area contributed by atoms with E-state index < -0.39 is 15.6 Å². The molecule has 1 aromatic heterocycles. The van der Waals surface area contributed by atoms with Crippen LogP contribution in [0.1, 0.15) is 30.6 Å². The zero-order valence-electron chi connectivity index (χ0n) is 13.7. The van der Waals surface area contributed by atoms with Crippen molar-refractivity contribution in [3.8, 4) is 6.07 Å². The zero-order chi connectivity index (χ0) is 18.1. The minimum atomic E-state index is -3.75. The number of hydrogen-bond acceptors (Lipinski definition) is 7. The molecule has 2 heterocycles. The summed E-state index contributed by atoms with van der Waals surface area (Å²) in [6.07, 6.45) is 0.974. The van der Waals surface area contributed by atoms with Crippen molar-refractivity contribution in [2.45, 2.75) is 36.7 Å². The van der Waals surface area contributed by atoms with E-state index in [0.29, 0.717) is 12.2 Å². The third kappa shape index (κ3) is 3.28. The lowest BCUT2D eigenvalue weighted by atomic mass is 10.0. The number of aliphatic hydroxyl groups is 1. The van der Waals surface area contributed by atoms with Crippen LogP contribution in [0.15, 0.2) is 33.7 Å². The van der Waals surface area contributed by atoms with Crippen LogP contribution in [-0.4, -0.2) is 41.1 Å². The predicted octanol–water partition coefficient (Wildman–Crippen LogP) is 0.980. The average Bonchev–Trinajstić information content (AvgIpc) is 3.23. The molecule has 0 aliphatic carbocycles. The van der Waals surface area contributed by atoms with Crippen molar-refractivity contribution in [3.05, 3.63) is 41.5 Å². The van der Waals surface area contributed by atoms with Crippen LogP contribution in [0.4, 0.5) is 0 Å². The molecule has 1 aromatic carbocycles. The topological polar surface area (TPSA) is 120 Å². The van der Waals surface area contributed by atoms with E-state index in [1.807, 2.05) is 13.0 Å². The lowest BCUT2D eigenvalue weighted by Gasteiger charge is -2.19. The highest BCUT2D eigenvalue weighted by atomic mass is 32.2. The van der Waals surface area contributed by atoms with Gasteiger partial charge in [0.25, 0.3) is 5.89 Å². The van der Waals surface area contributed by atoms with Crippen molar-refractivity contribution in [2.75, 3.05) is 13.1 Å². The van der Waals surface area contributed by atoms with Crippen molar-refractivity contribution in [1.82, 2.24) is 14.4 Å². The van der Waals surface area contributed by atoms with Crippen LogP contribution in [0.3, 0.4) is 0 Å². The molecule has 9 heteroatoms. The Morgan fingerprint density at radius 1 is 1.40 bits per heavy atom. The Bertz CT molecular complexity index is 901. The summed E-state index contributed by atoms with van der Waals surface area (Å²) in [4.78, 5) is 4.25. The van der Waals surface area contributed by atoms with Crippen LogP contribution in [0, 0.1) is 11.3 Å². The Morgan fingerprint density at radius 3 is 2.72 bits per heavy atom. The minimum Gasteiger partial charge on any atom is -0.379 e. The number of nitriles is 1. The van der Waals surface area contributed by atoms with E-state index in [2.05, 4.69) is 10.1 Å². The zero-order valence-corrected chi connectivity index (χ0v) is 14.5. The van der Waals surface area contributed by atoms with Gasteiger partial charge in [0.1, 0.15) is 0 Å². The van der Waals surface area contributed by atoms with Crippen molar-refractivity contribution in [3.63, 3.8) is 0 Å². The van der Waals surface area contributed by atoms with Crippen LogP contribution in [0.2, 0.25) is 0 Å². The van der Waals surface area contributed by atoms with Crippen LogP contribution in [0.25, 0.3) is 0 Å². The van der Waals surface area contributed by atoms with Gasteiger partial charge in [0, 0.05) is 19.4 Å². The second kappa shape index (κ2) is 6.55. The summed E-state index contributed by atoms with van der Waals surface area (Å²) in [5.41, 5.74) is -0.730. The summed E-state index contributed by atoms with van der Waals surface area (Å²) in [7, 11) is -3.75. The van der Waals surface area contributed by atoms with E-state index in [1.165, 1.54) is 16.4 Å². The standard InChI is InChI=1S/C16H18N4O4S/c1-2-14-18-15(24-19-14)16(21)8-10-20(11-16)25(22,23)13-5-3-12(4-6-13)7-9-17/h3-6,21H,2,7-8,10-11H2,1H3. The van der Waals surface area contributed by atoms with Gasteiger partial charge in [0.05, 0.1) is 23.9 Å². The lowest BCUT2D eigenvalue weighted by molar-refractivity contribution is 0.0194. The second-order valence-corrected chi connectivity index (χ2v) is 7.91. The average molecular weight is 362 g/mol. The highest BCUT2D eigenvalue weighted by Crippen LogP contribution is 2.34. The fraction of sp³-hybridized carbons (Fsp3) is 0.438. The molecule has 1 N–H and O–H groups in total. The highest BCUT2D eigenvalue weighted by molar-refractivity contribution is 7.89. The first kappa shape index (κ1) is 17.5. The number of benzene rings is 1. The Morgan fingerprint density at radius 2 is 2.12 bits per heavy atom. The molecule has 1 unspecified atom stereocenters. The molecule has 8 nitrogen and oxygen atoms in total. The number of sulfonamides is 1. The summed E-state index contributed by atoms with van der Waals surface area (Å²) in [5.74, 6) is 0.518. The van der Waals surface area contributed by atoms with Gasteiger partial charge in [-0.2, -0.15) is 14.6 Å². The molecule has 0 spiro atoms. The first-order valence-electron chi connectivity index (χ1n) is 7.90. The second-order valence-electron chi connectivity index (χ2n) is 5.97. The monoisotopic (exact) mass is 362 g/mol. The van der Waals surface area contributed by atoms with Gasteiger partial charge in [-0.05, 0) is 17.7 Å². The van der Waals surface area contributed by atoms with E-state index in [-0.39, 0.29) is 36.7 Å².